The van der Waals surface area contributed by atoms with Gasteiger partial charge in [0.15, 0.2) is 0 Å². The van der Waals surface area contributed by atoms with Crippen molar-refractivity contribution in [2.75, 3.05) is 13.1 Å². The average Bonchev–Trinajstić information content (AvgIpc) is 2.27. The van der Waals surface area contributed by atoms with Crippen molar-refractivity contribution in [1.82, 2.24) is 10.6 Å². The van der Waals surface area contributed by atoms with E-state index in [0.717, 1.165) is 5.56 Å². The summed E-state index contributed by atoms with van der Waals surface area (Å²) in [5.74, 6) is 0. The van der Waals surface area contributed by atoms with Gasteiger partial charge in [0.2, 0.25) is 0 Å². The van der Waals surface area contributed by atoms with Crippen LogP contribution in [0.2, 0.25) is 5.02 Å². The lowest BCUT2D eigenvalue weighted by molar-refractivity contribution is 0.173. The van der Waals surface area contributed by atoms with Crippen LogP contribution in [0.25, 0.3) is 0 Å². The summed E-state index contributed by atoms with van der Waals surface area (Å²) >= 11 is 5.72. The molecular weight excluding hydrogens is 228 g/mol. The molecule has 2 amide bonds. The summed E-state index contributed by atoms with van der Waals surface area (Å²) in [6.45, 7) is 2.56. The Hall–Kier alpha value is -1.26. The maximum atomic E-state index is 11.1. The number of carbonyl (C=O) groups is 1. The molecule has 0 radical (unpaired) electrons. The molecule has 16 heavy (non-hydrogen) atoms. The molecule has 1 atom stereocenters. The molecule has 0 aliphatic carbocycles. The van der Waals surface area contributed by atoms with Gasteiger partial charge in [0.25, 0.3) is 0 Å². The molecule has 1 rings (SSSR count). The molecule has 1 aromatic rings. The van der Waals surface area contributed by atoms with E-state index in [0.29, 0.717) is 11.6 Å². The number of nitrogens with one attached hydrogen (secondary N) is 2. The third-order valence-corrected chi connectivity index (χ3v) is 2.30. The summed E-state index contributed by atoms with van der Waals surface area (Å²) in [5, 5.41) is 15.5. The summed E-state index contributed by atoms with van der Waals surface area (Å²) in [4.78, 5) is 11.1. The smallest absolute Gasteiger partial charge is 0.314 e. The van der Waals surface area contributed by atoms with E-state index >= 15 is 0 Å². The second-order valence-corrected chi connectivity index (χ2v) is 3.74. The van der Waals surface area contributed by atoms with E-state index in [1.807, 2.05) is 6.92 Å². The quantitative estimate of drug-likeness (QED) is 0.753. The fraction of sp³-hybridized carbons (Fsp3) is 0.364. The first-order chi connectivity index (χ1) is 7.63. The number of aliphatic hydroxyl groups excluding tert-OH is 1. The number of benzene rings is 1. The Balaban J connectivity index is 2.43. The van der Waals surface area contributed by atoms with Crippen molar-refractivity contribution in [3.63, 3.8) is 0 Å². The lowest BCUT2D eigenvalue weighted by Crippen LogP contribution is -2.37. The minimum Gasteiger partial charge on any atom is -0.387 e. The Labute approximate surface area is 99.6 Å². The van der Waals surface area contributed by atoms with Crippen LogP contribution < -0.4 is 10.6 Å². The highest BCUT2D eigenvalue weighted by Gasteiger charge is 2.08. The monoisotopic (exact) mass is 242 g/mol. The molecule has 4 nitrogen and oxygen atoms in total. The first-order valence-corrected chi connectivity index (χ1v) is 5.46. The van der Waals surface area contributed by atoms with Crippen LogP contribution in [0.1, 0.15) is 18.6 Å². The summed E-state index contributed by atoms with van der Waals surface area (Å²) < 4.78 is 0. The molecular formula is C11H15ClN2O2. The van der Waals surface area contributed by atoms with E-state index in [-0.39, 0.29) is 12.6 Å². The maximum absolute atomic E-state index is 11.1. The molecule has 88 valence electrons. The number of hydrogen-bond donors (Lipinski definition) is 3. The number of amides is 2. The van der Waals surface area contributed by atoms with E-state index in [1.165, 1.54) is 0 Å². The lowest BCUT2D eigenvalue weighted by Gasteiger charge is -2.12. The van der Waals surface area contributed by atoms with E-state index in [4.69, 9.17) is 11.6 Å². The van der Waals surface area contributed by atoms with E-state index < -0.39 is 6.10 Å². The van der Waals surface area contributed by atoms with Crippen LogP contribution in [0.4, 0.5) is 4.79 Å². The highest BCUT2D eigenvalue weighted by atomic mass is 35.5. The first kappa shape index (κ1) is 12.8. The van der Waals surface area contributed by atoms with Gasteiger partial charge >= 0.3 is 6.03 Å². The number of halogens is 1. The molecule has 5 heteroatoms. The van der Waals surface area contributed by atoms with Crippen LogP contribution in [0, 0.1) is 0 Å². The molecule has 0 aromatic heterocycles. The van der Waals surface area contributed by atoms with Crippen molar-refractivity contribution in [1.29, 1.82) is 0 Å². The van der Waals surface area contributed by atoms with Gasteiger partial charge in [-0.2, -0.15) is 0 Å². The van der Waals surface area contributed by atoms with Crippen LogP contribution >= 0.6 is 11.6 Å². The molecule has 1 unspecified atom stereocenters. The molecule has 0 aliphatic rings. The standard InChI is InChI=1S/C11H15ClN2O2/c1-2-13-11(16)14-7-10(15)8-3-5-9(12)6-4-8/h3-6,10,15H,2,7H2,1H3,(H2,13,14,16). The number of carbonyl (C=O) groups excluding carboxylic acids is 1. The molecule has 0 saturated carbocycles. The minimum absolute atomic E-state index is 0.174. The van der Waals surface area contributed by atoms with Crippen molar-refractivity contribution in [3.8, 4) is 0 Å². The number of rotatable bonds is 4. The van der Waals surface area contributed by atoms with Crippen LogP contribution in [0.5, 0.6) is 0 Å². The van der Waals surface area contributed by atoms with E-state index in [1.54, 1.807) is 24.3 Å². The normalized spacial score (nSPS) is 11.9. The van der Waals surface area contributed by atoms with Crippen LogP contribution in [-0.4, -0.2) is 24.2 Å². The van der Waals surface area contributed by atoms with Gasteiger partial charge in [-0.05, 0) is 24.6 Å². The van der Waals surface area contributed by atoms with Crippen molar-refractivity contribution in [3.05, 3.63) is 34.9 Å². The van der Waals surface area contributed by atoms with Crippen molar-refractivity contribution in [2.45, 2.75) is 13.0 Å². The summed E-state index contributed by atoms with van der Waals surface area (Å²) in [6, 6.07) is 6.58. The van der Waals surface area contributed by atoms with Gasteiger partial charge in [0.1, 0.15) is 0 Å². The zero-order valence-electron chi connectivity index (χ0n) is 9.03. The summed E-state index contributed by atoms with van der Waals surface area (Å²) in [5.41, 5.74) is 0.723. The fourth-order valence-corrected chi connectivity index (χ4v) is 1.34. The third kappa shape index (κ3) is 4.08. The van der Waals surface area contributed by atoms with Gasteiger partial charge in [0, 0.05) is 18.1 Å². The Bertz CT molecular complexity index is 340. The van der Waals surface area contributed by atoms with E-state index in [2.05, 4.69) is 10.6 Å². The highest BCUT2D eigenvalue weighted by Crippen LogP contribution is 2.15. The molecule has 0 aliphatic heterocycles. The SMILES string of the molecule is CCNC(=O)NCC(O)c1ccc(Cl)cc1. The van der Waals surface area contributed by atoms with Gasteiger partial charge < -0.3 is 15.7 Å². The largest absolute Gasteiger partial charge is 0.387 e. The Morgan fingerprint density at radius 1 is 1.38 bits per heavy atom. The Morgan fingerprint density at radius 3 is 2.56 bits per heavy atom. The van der Waals surface area contributed by atoms with Gasteiger partial charge in [-0.3, -0.25) is 0 Å². The zero-order valence-corrected chi connectivity index (χ0v) is 9.79. The maximum Gasteiger partial charge on any atom is 0.314 e. The van der Waals surface area contributed by atoms with Gasteiger partial charge in [-0.15, -0.1) is 0 Å². The third-order valence-electron chi connectivity index (χ3n) is 2.05. The van der Waals surface area contributed by atoms with Gasteiger partial charge in [0.05, 0.1) is 6.10 Å². The lowest BCUT2D eigenvalue weighted by atomic mass is 10.1. The molecule has 0 bridgehead atoms. The minimum atomic E-state index is -0.722. The topological polar surface area (TPSA) is 61.4 Å². The summed E-state index contributed by atoms with van der Waals surface area (Å²) in [6.07, 6.45) is -0.722. The second-order valence-electron chi connectivity index (χ2n) is 3.31. The molecule has 0 spiro atoms. The molecule has 1 aromatic carbocycles. The average molecular weight is 243 g/mol. The van der Waals surface area contributed by atoms with Crippen molar-refractivity contribution >= 4 is 17.6 Å². The Kier molecular flexibility index (Phi) is 5.08. The van der Waals surface area contributed by atoms with E-state index in [9.17, 15) is 9.90 Å². The highest BCUT2D eigenvalue weighted by molar-refractivity contribution is 6.30. The van der Waals surface area contributed by atoms with Crippen molar-refractivity contribution < 1.29 is 9.90 Å². The van der Waals surface area contributed by atoms with Gasteiger partial charge in [-0.25, -0.2) is 4.79 Å². The molecule has 0 saturated heterocycles. The van der Waals surface area contributed by atoms with Crippen LogP contribution in [0.15, 0.2) is 24.3 Å². The molecule has 3 N–H and O–H groups in total. The number of aliphatic hydroxyl groups is 1. The summed E-state index contributed by atoms with van der Waals surface area (Å²) in [7, 11) is 0. The predicted octanol–water partition coefficient (Wildman–Crippen LogP) is 1.69. The van der Waals surface area contributed by atoms with Crippen LogP contribution in [-0.2, 0) is 0 Å². The zero-order chi connectivity index (χ0) is 12.0. The van der Waals surface area contributed by atoms with Gasteiger partial charge in [-0.1, -0.05) is 23.7 Å². The van der Waals surface area contributed by atoms with Crippen LogP contribution in [0.3, 0.4) is 0 Å². The molecule has 0 heterocycles. The Morgan fingerprint density at radius 2 is 2.00 bits per heavy atom. The predicted molar refractivity (Wildman–Crippen MR) is 63.5 cm³/mol. The second kappa shape index (κ2) is 6.35. The fourth-order valence-electron chi connectivity index (χ4n) is 1.22. The van der Waals surface area contributed by atoms with Crippen molar-refractivity contribution in [2.24, 2.45) is 0 Å². The molecule has 0 fully saturated rings. The number of hydrogen-bond acceptors (Lipinski definition) is 2. The first-order valence-electron chi connectivity index (χ1n) is 5.08. The number of urea groups is 1.